The second-order valence-electron chi connectivity index (χ2n) is 2.95. The molecule has 1 N–H and O–H groups in total. The van der Waals surface area contributed by atoms with Gasteiger partial charge in [-0.25, -0.2) is 9.18 Å². The Labute approximate surface area is 92.7 Å². The maximum absolute atomic E-state index is 12.9. The Balaban J connectivity index is 2.90. The van der Waals surface area contributed by atoms with E-state index in [1.54, 1.807) is 6.07 Å². The fourth-order valence-electron chi connectivity index (χ4n) is 1.35. The van der Waals surface area contributed by atoms with E-state index in [0.29, 0.717) is 9.99 Å². The van der Waals surface area contributed by atoms with Gasteiger partial charge in [-0.15, -0.1) is 0 Å². The summed E-state index contributed by atoms with van der Waals surface area (Å²) in [5.41, 5.74) is 0.483. The van der Waals surface area contributed by atoms with Gasteiger partial charge in [-0.05, 0) is 34.1 Å². The topological polar surface area (TPSA) is 50.2 Å². The summed E-state index contributed by atoms with van der Waals surface area (Å²) in [4.78, 5) is 14.7. The normalized spacial score (nSPS) is 10.5. The van der Waals surface area contributed by atoms with Crippen LogP contribution in [0, 0.1) is 5.82 Å². The van der Waals surface area contributed by atoms with Crippen molar-refractivity contribution in [2.24, 2.45) is 0 Å². The average molecular weight is 270 g/mol. The second kappa shape index (κ2) is 3.58. The van der Waals surface area contributed by atoms with Gasteiger partial charge in [0.2, 0.25) is 0 Å². The molecule has 0 atom stereocenters. The molecular weight excluding hydrogens is 265 g/mol. The predicted molar refractivity (Wildman–Crippen MR) is 56.4 cm³/mol. The van der Waals surface area contributed by atoms with Crippen LogP contribution < -0.4 is 0 Å². The van der Waals surface area contributed by atoms with E-state index in [1.165, 1.54) is 6.07 Å². The largest absolute Gasteiger partial charge is 0.478 e. The van der Waals surface area contributed by atoms with Crippen LogP contribution in [0.1, 0.15) is 10.4 Å². The Morgan fingerprint density at radius 1 is 1.47 bits per heavy atom. The van der Waals surface area contributed by atoms with Gasteiger partial charge in [0, 0.05) is 9.86 Å². The van der Waals surface area contributed by atoms with Crippen molar-refractivity contribution in [2.45, 2.75) is 0 Å². The maximum Gasteiger partial charge on any atom is 0.336 e. The summed E-state index contributed by atoms with van der Waals surface area (Å²) in [5, 5.41) is 9.19. The Morgan fingerprint density at radius 3 is 2.87 bits per heavy atom. The zero-order valence-electron chi connectivity index (χ0n) is 7.37. The molecule has 1 aromatic heterocycles. The van der Waals surface area contributed by atoms with Crippen LogP contribution in [0.3, 0.4) is 0 Å². The molecule has 0 radical (unpaired) electrons. The monoisotopic (exact) mass is 269 g/mol. The lowest BCUT2D eigenvalue weighted by atomic mass is 10.1. The van der Waals surface area contributed by atoms with E-state index in [4.69, 9.17) is 5.11 Å². The van der Waals surface area contributed by atoms with E-state index in [9.17, 15) is 9.18 Å². The quantitative estimate of drug-likeness (QED) is 0.866. The fourth-order valence-corrected chi connectivity index (χ4v) is 1.79. The van der Waals surface area contributed by atoms with Crippen molar-refractivity contribution in [3.8, 4) is 0 Å². The first kappa shape index (κ1) is 10.0. The van der Waals surface area contributed by atoms with Crippen LogP contribution in [-0.4, -0.2) is 16.1 Å². The highest BCUT2D eigenvalue weighted by Gasteiger charge is 2.11. The molecule has 0 fully saturated rings. The third-order valence-electron chi connectivity index (χ3n) is 2.00. The molecule has 0 bridgehead atoms. The van der Waals surface area contributed by atoms with E-state index in [2.05, 4.69) is 20.9 Å². The average Bonchev–Trinajstić information content (AvgIpc) is 2.17. The van der Waals surface area contributed by atoms with Gasteiger partial charge in [-0.2, -0.15) is 0 Å². The molecular formula is C10H5BrFNO2. The highest BCUT2D eigenvalue weighted by molar-refractivity contribution is 9.10. The number of aromatic carboxylic acids is 1. The molecule has 15 heavy (non-hydrogen) atoms. The number of rotatable bonds is 1. The lowest BCUT2D eigenvalue weighted by molar-refractivity contribution is 0.0699. The van der Waals surface area contributed by atoms with E-state index in [1.807, 2.05) is 0 Å². The minimum atomic E-state index is -1.10. The van der Waals surface area contributed by atoms with Crippen LogP contribution in [0.2, 0.25) is 0 Å². The van der Waals surface area contributed by atoms with E-state index >= 15 is 0 Å². The Bertz CT molecular complexity index is 556. The minimum absolute atomic E-state index is 0.0419. The number of carbonyl (C=O) groups is 1. The number of carboxylic acid groups (broad SMARTS) is 1. The second-order valence-corrected chi connectivity index (χ2v) is 3.80. The van der Waals surface area contributed by atoms with Crippen LogP contribution in [0.25, 0.3) is 10.9 Å². The van der Waals surface area contributed by atoms with Gasteiger partial charge < -0.3 is 5.11 Å². The zero-order chi connectivity index (χ0) is 11.0. The number of halogens is 2. The van der Waals surface area contributed by atoms with Crippen molar-refractivity contribution >= 4 is 32.8 Å². The van der Waals surface area contributed by atoms with Crippen LogP contribution in [0.15, 0.2) is 28.9 Å². The minimum Gasteiger partial charge on any atom is -0.478 e. The van der Waals surface area contributed by atoms with Gasteiger partial charge in [-0.1, -0.05) is 0 Å². The van der Waals surface area contributed by atoms with Crippen molar-refractivity contribution in [3.63, 3.8) is 0 Å². The van der Waals surface area contributed by atoms with Gasteiger partial charge in [0.1, 0.15) is 5.82 Å². The van der Waals surface area contributed by atoms with Gasteiger partial charge in [0.15, 0.2) is 0 Å². The zero-order valence-corrected chi connectivity index (χ0v) is 8.95. The number of carboxylic acids is 1. The highest BCUT2D eigenvalue weighted by Crippen LogP contribution is 2.25. The molecule has 76 valence electrons. The van der Waals surface area contributed by atoms with Crippen LogP contribution >= 0.6 is 15.9 Å². The van der Waals surface area contributed by atoms with E-state index < -0.39 is 11.8 Å². The molecule has 0 unspecified atom stereocenters. The lowest BCUT2D eigenvalue weighted by Gasteiger charge is -2.03. The first-order valence-electron chi connectivity index (χ1n) is 4.06. The van der Waals surface area contributed by atoms with Gasteiger partial charge in [0.25, 0.3) is 0 Å². The Morgan fingerprint density at radius 2 is 2.20 bits per heavy atom. The fraction of sp³-hybridized carbons (Fsp3) is 0. The molecule has 0 saturated heterocycles. The highest BCUT2D eigenvalue weighted by atomic mass is 79.9. The summed E-state index contributed by atoms with van der Waals surface area (Å²) in [6, 6.07) is 4.16. The number of benzene rings is 1. The standard InChI is InChI=1S/C10H5BrFNO2/c11-8-2-1-6(10(14)15)7-3-5(12)4-13-9(7)8/h1-4H,(H,14,15). The first-order valence-corrected chi connectivity index (χ1v) is 4.86. The van der Waals surface area contributed by atoms with Gasteiger partial charge in [0.05, 0.1) is 17.3 Å². The number of nitrogens with zero attached hydrogens (tertiary/aromatic N) is 1. The van der Waals surface area contributed by atoms with Gasteiger partial charge >= 0.3 is 5.97 Å². The van der Waals surface area contributed by atoms with Crippen molar-refractivity contribution in [3.05, 3.63) is 40.2 Å². The molecule has 2 rings (SSSR count). The first-order chi connectivity index (χ1) is 7.09. The lowest BCUT2D eigenvalue weighted by Crippen LogP contribution is -1.98. The molecule has 0 saturated carbocycles. The Hall–Kier alpha value is -1.49. The summed E-state index contributed by atoms with van der Waals surface area (Å²) in [6.45, 7) is 0. The summed E-state index contributed by atoms with van der Waals surface area (Å²) in [5.74, 6) is -1.65. The molecule has 5 heteroatoms. The molecule has 2 aromatic rings. The summed E-state index contributed by atoms with van der Waals surface area (Å²) in [6.07, 6.45) is 1.05. The number of fused-ring (bicyclic) bond motifs is 1. The van der Waals surface area contributed by atoms with Gasteiger partial charge in [-0.3, -0.25) is 4.98 Å². The molecule has 0 aliphatic heterocycles. The molecule has 1 aromatic carbocycles. The van der Waals surface area contributed by atoms with Crippen LogP contribution in [0.4, 0.5) is 4.39 Å². The number of hydrogen-bond donors (Lipinski definition) is 1. The van der Waals surface area contributed by atoms with Crippen LogP contribution in [0.5, 0.6) is 0 Å². The van der Waals surface area contributed by atoms with Crippen molar-refractivity contribution in [2.75, 3.05) is 0 Å². The molecule has 0 spiro atoms. The third kappa shape index (κ3) is 1.70. The van der Waals surface area contributed by atoms with Crippen LogP contribution in [-0.2, 0) is 0 Å². The predicted octanol–water partition coefficient (Wildman–Crippen LogP) is 2.83. The Kier molecular flexibility index (Phi) is 2.40. The third-order valence-corrected chi connectivity index (χ3v) is 2.64. The molecule has 0 aliphatic rings. The molecule has 0 amide bonds. The smallest absolute Gasteiger partial charge is 0.336 e. The molecule has 3 nitrogen and oxygen atoms in total. The number of aromatic nitrogens is 1. The summed E-state index contributed by atoms with van der Waals surface area (Å²) >= 11 is 3.23. The summed E-state index contributed by atoms with van der Waals surface area (Å²) < 4.78 is 13.6. The SMILES string of the molecule is O=C(O)c1ccc(Br)c2ncc(F)cc12. The van der Waals surface area contributed by atoms with Crippen molar-refractivity contribution in [1.29, 1.82) is 0 Å². The van der Waals surface area contributed by atoms with E-state index in [-0.39, 0.29) is 10.9 Å². The molecule has 0 aliphatic carbocycles. The number of pyridine rings is 1. The van der Waals surface area contributed by atoms with Crippen molar-refractivity contribution in [1.82, 2.24) is 4.98 Å². The number of hydrogen-bond acceptors (Lipinski definition) is 2. The molecule has 1 heterocycles. The van der Waals surface area contributed by atoms with E-state index in [0.717, 1.165) is 12.3 Å². The maximum atomic E-state index is 12.9. The van der Waals surface area contributed by atoms with Crippen molar-refractivity contribution < 1.29 is 14.3 Å². The summed E-state index contributed by atoms with van der Waals surface area (Å²) in [7, 11) is 0.